The van der Waals surface area contributed by atoms with Crippen molar-refractivity contribution >= 4 is 53.8 Å². The number of aromatic nitrogens is 1. The Hall–Kier alpha value is -0.920. The SMILES string of the molecule is O=C(O)c1ccc(=O)n(-c2c(Br)cc(Br)cc2Br)c1. The van der Waals surface area contributed by atoms with Crippen LogP contribution in [0.1, 0.15) is 10.4 Å². The Morgan fingerprint density at radius 2 is 1.68 bits per heavy atom. The maximum Gasteiger partial charge on any atom is 0.337 e. The molecule has 1 N–H and O–H groups in total. The predicted octanol–water partition coefficient (Wildman–Crippen LogP) is 3.82. The Balaban J connectivity index is 2.75. The highest BCUT2D eigenvalue weighted by atomic mass is 79.9. The maximum atomic E-state index is 11.9. The van der Waals surface area contributed by atoms with Gasteiger partial charge in [-0.15, -0.1) is 0 Å². The Bertz CT molecular complexity index is 701. The average Bonchev–Trinajstić information content (AvgIpc) is 2.29. The number of carboxylic acid groups (broad SMARTS) is 1. The molecule has 0 saturated heterocycles. The lowest BCUT2D eigenvalue weighted by molar-refractivity contribution is 0.0696. The first kappa shape index (κ1) is 14.5. The zero-order valence-electron chi connectivity index (χ0n) is 9.23. The van der Waals surface area contributed by atoms with E-state index in [-0.39, 0.29) is 11.1 Å². The Labute approximate surface area is 133 Å². The molecular formula is C12H6Br3NO3. The molecule has 1 aromatic carbocycles. The van der Waals surface area contributed by atoms with E-state index in [1.54, 1.807) is 12.1 Å². The van der Waals surface area contributed by atoms with E-state index in [9.17, 15) is 9.59 Å². The van der Waals surface area contributed by atoms with Crippen LogP contribution in [0.15, 0.2) is 48.7 Å². The lowest BCUT2D eigenvalue weighted by Gasteiger charge is -2.11. The van der Waals surface area contributed by atoms with Crippen LogP contribution in [0.5, 0.6) is 0 Å². The summed E-state index contributed by atoms with van der Waals surface area (Å²) < 4.78 is 3.44. The first-order valence-corrected chi connectivity index (χ1v) is 7.39. The van der Waals surface area contributed by atoms with Crippen LogP contribution in [0.3, 0.4) is 0 Å². The van der Waals surface area contributed by atoms with Gasteiger partial charge in [-0.05, 0) is 50.1 Å². The van der Waals surface area contributed by atoms with E-state index in [4.69, 9.17) is 5.11 Å². The van der Waals surface area contributed by atoms with Crippen LogP contribution in [0.2, 0.25) is 0 Å². The van der Waals surface area contributed by atoms with Gasteiger partial charge in [0, 0.05) is 25.7 Å². The van der Waals surface area contributed by atoms with E-state index in [1.165, 1.54) is 22.9 Å². The first-order chi connectivity index (χ1) is 8.90. The lowest BCUT2D eigenvalue weighted by Crippen LogP contribution is -2.19. The van der Waals surface area contributed by atoms with Crippen molar-refractivity contribution in [2.45, 2.75) is 0 Å². The minimum atomic E-state index is -1.09. The third-order valence-electron chi connectivity index (χ3n) is 2.38. The van der Waals surface area contributed by atoms with E-state index in [0.29, 0.717) is 14.6 Å². The van der Waals surface area contributed by atoms with Crippen LogP contribution in [0.25, 0.3) is 5.69 Å². The molecule has 2 aromatic rings. The zero-order chi connectivity index (χ0) is 14.2. The van der Waals surface area contributed by atoms with Crippen LogP contribution < -0.4 is 5.56 Å². The Kier molecular flexibility index (Phi) is 4.27. The smallest absolute Gasteiger partial charge is 0.337 e. The number of benzene rings is 1. The molecule has 0 bridgehead atoms. The van der Waals surface area contributed by atoms with Gasteiger partial charge in [-0.25, -0.2) is 4.79 Å². The van der Waals surface area contributed by atoms with Crippen molar-refractivity contribution < 1.29 is 9.90 Å². The predicted molar refractivity (Wildman–Crippen MR) is 82.1 cm³/mol. The highest BCUT2D eigenvalue weighted by Crippen LogP contribution is 2.32. The van der Waals surface area contributed by atoms with Gasteiger partial charge in [0.05, 0.1) is 11.3 Å². The lowest BCUT2D eigenvalue weighted by atomic mass is 10.2. The molecule has 7 heteroatoms. The summed E-state index contributed by atoms with van der Waals surface area (Å²) in [4.78, 5) is 22.9. The normalized spacial score (nSPS) is 10.5. The molecule has 0 atom stereocenters. The zero-order valence-corrected chi connectivity index (χ0v) is 14.0. The summed E-state index contributed by atoms with van der Waals surface area (Å²) in [6, 6.07) is 6.06. The van der Waals surface area contributed by atoms with Crippen molar-refractivity contribution in [3.8, 4) is 5.69 Å². The summed E-state index contributed by atoms with van der Waals surface area (Å²) in [6.07, 6.45) is 1.30. The van der Waals surface area contributed by atoms with E-state index in [1.807, 2.05) is 0 Å². The van der Waals surface area contributed by atoms with Gasteiger partial charge >= 0.3 is 5.97 Å². The molecule has 0 aliphatic heterocycles. The number of nitrogens with zero attached hydrogens (tertiary/aromatic N) is 1. The van der Waals surface area contributed by atoms with Crippen molar-refractivity contribution in [1.29, 1.82) is 0 Å². The number of aromatic carboxylic acids is 1. The highest BCUT2D eigenvalue weighted by Gasteiger charge is 2.12. The van der Waals surface area contributed by atoms with Crippen LogP contribution in [-0.4, -0.2) is 15.6 Å². The van der Waals surface area contributed by atoms with E-state index in [2.05, 4.69) is 47.8 Å². The standard InChI is InChI=1S/C12H6Br3NO3/c13-7-3-8(14)11(9(15)4-7)16-5-6(12(18)19)1-2-10(16)17/h1-5H,(H,18,19). The second-order valence-electron chi connectivity index (χ2n) is 3.65. The topological polar surface area (TPSA) is 59.3 Å². The second kappa shape index (κ2) is 5.60. The number of carbonyl (C=O) groups is 1. The number of carboxylic acids is 1. The molecule has 0 radical (unpaired) electrons. The summed E-state index contributed by atoms with van der Waals surface area (Å²) in [5.41, 5.74) is 0.284. The fourth-order valence-corrected chi connectivity index (χ4v) is 4.19. The summed E-state index contributed by atoms with van der Waals surface area (Å²) in [5, 5.41) is 8.98. The van der Waals surface area contributed by atoms with Gasteiger partial charge in [-0.1, -0.05) is 15.9 Å². The number of rotatable bonds is 2. The van der Waals surface area contributed by atoms with Crippen LogP contribution in [0.4, 0.5) is 0 Å². The average molecular weight is 452 g/mol. The van der Waals surface area contributed by atoms with Gasteiger partial charge in [0.25, 0.3) is 5.56 Å². The van der Waals surface area contributed by atoms with E-state index >= 15 is 0 Å². The fourth-order valence-electron chi connectivity index (χ4n) is 1.55. The summed E-state index contributed by atoms with van der Waals surface area (Å²) in [5.74, 6) is -1.09. The van der Waals surface area contributed by atoms with Crippen molar-refractivity contribution in [1.82, 2.24) is 4.57 Å². The summed E-state index contributed by atoms with van der Waals surface area (Å²) >= 11 is 10.1. The molecule has 0 aliphatic carbocycles. The number of hydrogen-bond donors (Lipinski definition) is 1. The molecule has 2 rings (SSSR count). The first-order valence-electron chi connectivity index (χ1n) is 5.01. The highest BCUT2D eigenvalue weighted by molar-refractivity contribution is 9.11. The van der Waals surface area contributed by atoms with Crippen molar-refractivity contribution in [2.24, 2.45) is 0 Å². The Morgan fingerprint density at radius 3 is 2.21 bits per heavy atom. The molecule has 1 heterocycles. The van der Waals surface area contributed by atoms with Crippen molar-refractivity contribution in [3.63, 3.8) is 0 Å². The maximum absolute atomic E-state index is 11.9. The number of hydrogen-bond acceptors (Lipinski definition) is 2. The van der Waals surface area contributed by atoms with Crippen LogP contribution in [-0.2, 0) is 0 Å². The fraction of sp³-hybridized carbons (Fsp3) is 0. The van der Waals surface area contributed by atoms with Crippen LogP contribution >= 0.6 is 47.8 Å². The Morgan fingerprint density at radius 1 is 1.11 bits per heavy atom. The minimum Gasteiger partial charge on any atom is -0.478 e. The molecule has 98 valence electrons. The molecule has 19 heavy (non-hydrogen) atoms. The quantitative estimate of drug-likeness (QED) is 0.755. The summed E-state index contributed by atoms with van der Waals surface area (Å²) in [6.45, 7) is 0. The van der Waals surface area contributed by atoms with E-state index < -0.39 is 5.97 Å². The molecule has 0 amide bonds. The van der Waals surface area contributed by atoms with E-state index in [0.717, 1.165) is 4.47 Å². The molecule has 0 spiro atoms. The summed E-state index contributed by atoms with van der Waals surface area (Å²) in [7, 11) is 0. The number of pyridine rings is 1. The van der Waals surface area contributed by atoms with Gasteiger partial charge in [0.2, 0.25) is 0 Å². The molecule has 0 fully saturated rings. The molecule has 4 nitrogen and oxygen atoms in total. The van der Waals surface area contributed by atoms with Gasteiger partial charge < -0.3 is 5.11 Å². The third kappa shape index (κ3) is 2.98. The molecular weight excluding hydrogens is 446 g/mol. The van der Waals surface area contributed by atoms with Crippen LogP contribution in [0, 0.1) is 0 Å². The van der Waals surface area contributed by atoms with Crippen molar-refractivity contribution in [3.05, 3.63) is 59.8 Å². The molecule has 0 unspecified atom stereocenters. The van der Waals surface area contributed by atoms with Gasteiger partial charge in [0.15, 0.2) is 0 Å². The second-order valence-corrected chi connectivity index (χ2v) is 6.27. The van der Waals surface area contributed by atoms with Gasteiger partial charge in [-0.3, -0.25) is 9.36 Å². The molecule has 0 saturated carbocycles. The monoisotopic (exact) mass is 449 g/mol. The van der Waals surface area contributed by atoms with Gasteiger partial charge in [-0.2, -0.15) is 0 Å². The number of halogens is 3. The largest absolute Gasteiger partial charge is 0.478 e. The molecule has 1 aromatic heterocycles. The molecule has 0 aliphatic rings. The van der Waals surface area contributed by atoms with Gasteiger partial charge in [0.1, 0.15) is 0 Å². The van der Waals surface area contributed by atoms with Crippen molar-refractivity contribution in [2.75, 3.05) is 0 Å². The minimum absolute atomic E-state index is 0.0429. The third-order valence-corrected chi connectivity index (χ3v) is 4.05.